The number of carbonyl (C=O) groups excluding carboxylic acids is 2. The zero-order chi connectivity index (χ0) is 16.2. The summed E-state index contributed by atoms with van der Waals surface area (Å²) in [6.45, 7) is 3.67. The summed E-state index contributed by atoms with van der Waals surface area (Å²) in [6, 6.07) is 5.78. The SMILES string of the molecule is Cc1cc2c(c(Br)c1C)C(=O)c1c(cccc1[N+](=O)[O-])C2=O. The highest BCUT2D eigenvalue weighted by Gasteiger charge is 2.37. The highest BCUT2D eigenvalue weighted by molar-refractivity contribution is 9.10. The van der Waals surface area contributed by atoms with Crippen molar-refractivity contribution < 1.29 is 14.5 Å². The average Bonchev–Trinajstić information content (AvgIpc) is 2.49. The number of nitrogens with zero attached hydrogens (tertiary/aromatic N) is 1. The molecule has 5 nitrogen and oxygen atoms in total. The number of nitro benzene ring substituents is 1. The zero-order valence-electron chi connectivity index (χ0n) is 11.8. The summed E-state index contributed by atoms with van der Waals surface area (Å²) in [5.74, 6) is -0.857. The lowest BCUT2D eigenvalue weighted by Gasteiger charge is -2.20. The largest absolute Gasteiger partial charge is 0.289 e. The number of benzene rings is 2. The first-order valence-corrected chi connectivity index (χ1v) is 7.30. The molecule has 0 atom stereocenters. The molecule has 0 heterocycles. The molecule has 0 bridgehead atoms. The average molecular weight is 360 g/mol. The monoisotopic (exact) mass is 359 g/mol. The second-order valence-corrected chi connectivity index (χ2v) is 5.96. The van der Waals surface area contributed by atoms with E-state index >= 15 is 0 Å². The van der Waals surface area contributed by atoms with Crippen molar-refractivity contribution in [2.75, 3.05) is 0 Å². The fourth-order valence-corrected chi connectivity index (χ4v) is 3.37. The van der Waals surface area contributed by atoms with Crippen LogP contribution in [0.4, 0.5) is 5.69 Å². The number of carbonyl (C=O) groups is 2. The number of hydrogen-bond donors (Lipinski definition) is 0. The summed E-state index contributed by atoms with van der Waals surface area (Å²) in [5.41, 5.74) is 1.81. The van der Waals surface area contributed by atoms with Gasteiger partial charge in [-0.05, 0) is 53.0 Å². The summed E-state index contributed by atoms with van der Waals surface area (Å²) < 4.78 is 0.518. The lowest BCUT2D eigenvalue weighted by Crippen LogP contribution is -2.23. The van der Waals surface area contributed by atoms with Crippen LogP contribution in [-0.4, -0.2) is 16.5 Å². The van der Waals surface area contributed by atoms with Gasteiger partial charge in [0.25, 0.3) is 5.69 Å². The molecule has 2 aromatic rings. The molecule has 22 heavy (non-hydrogen) atoms. The Morgan fingerprint density at radius 2 is 1.73 bits per heavy atom. The highest BCUT2D eigenvalue weighted by Crippen LogP contribution is 2.38. The van der Waals surface area contributed by atoms with Crippen molar-refractivity contribution in [1.82, 2.24) is 0 Å². The molecule has 0 aromatic heterocycles. The van der Waals surface area contributed by atoms with E-state index in [0.29, 0.717) is 4.47 Å². The third kappa shape index (κ3) is 1.84. The smallest absolute Gasteiger partial charge is 0.281 e. The van der Waals surface area contributed by atoms with Gasteiger partial charge in [-0.3, -0.25) is 19.7 Å². The van der Waals surface area contributed by atoms with E-state index in [4.69, 9.17) is 0 Å². The number of hydrogen-bond acceptors (Lipinski definition) is 4. The summed E-state index contributed by atoms with van der Waals surface area (Å²) >= 11 is 3.36. The Morgan fingerprint density at radius 1 is 1.05 bits per heavy atom. The van der Waals surface area contributed by atoms with Gasteiger partial charge in [0, 0.05) is 27.2 Å². The number of rotatable bonds is 1. The molecule has 110 valence electrons. The molecule has 0 fully saturated rings. The maximum Gasteiger partial charge on any atom is 0.281 e. The van der Waals surface area contributed by atoms with Crippen molar-refractivity contribution in [2.45, 2.75) is 13.8 Å². The zero-order valence-corrected chi connectivity index (χ0v) is 13.4. The van der Waals surface area contributed by atoms with Crippen LogP contribution in [0.15, 0.2) is 28.7 Å². The van der Waals surface area contributed by atoms with E-state index in [9.17, 15) is 19.7 Å². The van der Waals surface area contributed by atoms with Crippen LogP contribution in [0.3, 0.4) is 0 Å². The first kappa shape index (κ1) is 14.6. The van der Waals surface area contributed by atoms with Crippen LogP contribution in [0.5, 0.6) is 0 Å². The molecule has 2 aromatic carbocycles. The van der Waals surface area contributed by atoms with Crippen LogP contribution in [0.1, 0.15) is 43.0 Å². The van der Waals surface area contributed by atoms with Gasteiger partial charge in [-0.2, -0.15) is 0 Å². The van der Waals surface area contributed by atoms with Gasteiger partial charge in [0.15, 0.2) is 5.78 Å². The molecule has 0 spiro atoms. The topological polar surface area (TPSA) is 77.3 Å². The maximum atomic E-state index is 12.8. The lowest BCUT2D eigenvalue weighted by atomic mass is 9.81. The molecule has 1 aliphatic rings. The molecular formula is C16H10BrNO4. The fourth-order valence-electron chi connectivity index (χ4n) is 2.67. The minimum atomic E-state index is -0.635. The van der Waals surface area contributed by atoms with Crippen molar-refractivity contribution in [3.05, 3.63) is 72.2 Å². The van der Waals surface area contributed by atoms with Gasteiger partial charge < -0.3 is 0 Å². The van der Waals surface area contributed by atoms with Gasteiger partial charge in [0.05, 0.1) is 4.92 Å². The first-order valence-electron chi connectivity index (χ1n) is 6.51. The van der Waals surface area contributed by atoms with Crippen LogP contribution >= 0.6 is 15.9 Å². The van der Waals surface area contributed by atoms with Gasteiger partial charge in [-0.1, -0.05) is 6.07 Å². The number of aryl methyl sites for hydroxylation is 1. The Hall–Kier alpha value is -2.34. The van der Waals surface area contributed by atoms with Crippen LogP contribution in [0, 0.1) is 24.0 Å². The summed E-state index contributed by atoms with van der Waals surface area (Å²) in [4.78, 5) is 36.0. The van der Waals surface area contributed by atoms with Gasteiger partial charge in [-0.25, -0.2) is 0 Å². The molecule has 3 rings (SSSR count). The van der Waals surface area contributed by atoms with Crippen LogP contribution in [-0.2, 0) is 0 Å². The molecule has 0 saturated heterocycles. The quantitative estimate of drug-likeness (QED) is 0.489. The van der Waals surface area contributed by atoms with E-state index in [1.54, 1.807) is 6.07 Å². The number of halogens is 1. The second kappa shape index (κ2) is 4.84. The third-order valence-electron chi connectivity index (χ3n) is 3.95. The minimum Gasteiger partial charge on any atom is -0.289 e. The summed E-state index contributed by atoms with van der Waals surface area (Å²) in [7, 11) is 0. The molecule has 1 aliphatic carbocycles. The Kier molecular flexibility index (Phi) is 3.21. The van der Waals surface area contributed by atoms with Crippen molar-refractivity contribution in [3.63, 3.8) is 0 Å². The van der Waals surface area contributed by atoms with Crippen molar-refractivity contribution in [2.24, 2.45) is 0 Å². The minimum absolute atomic E-state index is 0.0850. The van der Waals surface area contributed by atoms with Crippen LogP contribution in [0.2, 0.25) is 0 Å². The van der Waals surface area contributed by atoms with E-state index in [-0.39, 0.29) is 33.7 Å². The number of nitro groups is 1. The van der Waals surface area contributed by atoms with E-state index in [2.05, 4.69) is 15.9 Å². The van der Waals surface area contributed by atoms with E-state index in [1.807, 2.05) is 13.8 Å². The van der Waals surface area contributed by atoms with Crippen molar-refractivity contribution >= 4 is 33.2 Å². The van der Waals surface area contributed by atoms with E-state index < -0.39 is 10.7 Å². The van der Waals surface area contributed by atoms with Crippen LogP contribution < -0.4 is 0 Å². The third-order valence-corrected chi connectivity index (χ3v) is 4.94. The molecule has 0 amide bonds. The Morgan fingerprint density at radius 3 is 2.36 bits per heavy atom. The number of ketones is 2. The molecule has 6 heteroatoms. The molecule has 0 saturated carbocycles. The van der Waals surface area contributed by atoms with Crippen LogP contribution in [0.25, 0.3) is 0 Å². The fraction of sp³-hybridized carbons (Fsp3) is 0.125. The lowest BCUT2D eigenvalue weighted by molar-refractivity contribution is -0.385. The first-order chi connectivity index (χ1) is 10.3. The number of fused-ring (bicyclic) bond motifs is 2. The summed E-state index contributed by atoms with van der Waals surface area (Å²) in [6.07, 6.45) is 0. The Labute approximate surface area is 134 Å². The predicted molar refractivity (Wildman–Crippen MR) is 83.6 cm³/mol. The molecule has 0 aliphatic heterocycles. The predicted octanol–water partition coefficient (Wildman–Crippen LogP) is 3.75. The van der Waals surface area contributed by atoms with Crippen molar-refractivity contribution in [3.8, 4) is 0 Å². The molecule has 0 unspecified atom stereocenters. The molecule has 0 radical (unpaired) electrons. The van der Waals surface area contributed by atoms with Crippen molar-refractivity contribution in [1.29, 1.82) is 0 Å². The van der Waals surface area contributed by atoms with Gasteiger partial charge in [0.1, 0.15) is 5.56 Å². The standard InChI is InChI=1S/C16H10BrNO4/c1-7-6-10-13(14(17)8(7)2)16(20)12-9(15(10)19)4-3-5-11(12)18(21)22/h3-6H,1-2H3. The molecular weight excluding hydrogens is 350 g/mol. The van der Waals surface area contributed by atoms with E-state index in [0.717, 1.165) is 11.1 Å². The van der Waals surface area contributed by atoms with Gasteiger partial charge in [-0.15, -0.1) is 0 Å². The molecule has 0 N–H and O–H groups in total. The van der Waals surface area contributed by atoms with Gasteiger partial charge >= 0.3 is 0 Å². The van der Waals surface area contributed by atoms with E-state index in [1.165, 1.54) is 18.2 Å². The summed E-state index contributed by atoms with van der Waals surface area (Å²) in [5, 5.41) is 11.2. The highest BCUT2D eigenvalue weighted by atomic mass is 79.9. The van der Waals surface area contributed by atoms with Gasteiger partial charge in [0.2, 0.25) is 5.78 Å². The Balaban J connectivity index is 2.41. The normalized spacial score (nSPS) is 12.9. The Bertz CT molecular complexity index is 886. The maximum absolute atomic E-state index is 12.8. The second-order valence-electron chi connectivity index (χ2n) is 5.17.